The average molecular weight is 444 g/mol. The van der Waals surface area contributed by atoms with Crippen molar-refractivity contribution in [2.45, 2.75) is 19.1 Å². The third kappa shape index (κ3) is 4.48. The normalized spacial score (nSPS) is 18.5. The lowest BCUT2D eigenvalue weighted by molar-refractivity contribution is 0.0916. The first-order valence-electron chi connectivity index (χ1n) is 9.52. The zero-order chi connectivity index (χ0) is 22.0. The smallest absolute Gasteiger partial charge is 0.199 e. The lowest BCUT2D eigenvalue weighted by Crippen LogP contribution is -2.18. The number of ketones is 1. The summed E-state index contributed by atoms with van der Waals surface area (Å²) in [4.78, 5) is 25.3. The highest BCUT2D eigenvalue weighted by atomic mass is 35.5. The fourth-order valence-corrected chi connectivity index (χ4v) is 3.61. The monoisotopic (exact) mass is 443 g/mol. The van der Waals surface area contributed by atoms with Gasteiger partial charge in [-0.3, -0.25) is 4.79 Å². The van der Waals surface area contributed by atoms with Crippen molar-refractivity contribution in [1.29, 1.82) is 0 Å². The summed E-state index contributed by atoms with van der Waals surface area (Å²) in [6.45, 7) is 0.0765. The first-order chi connectivity index (χ1) is 15.0. The summed E-state index contributed by atoms with van der Waals surface area (Å²) < 4.78 is 16.1. The second kappa shape index (κ2) is 8.93. The molecule has 0 aliphatic heterocycles. The van der Waals surface area contributed by atoms with Gasteiger partial charge in [0.1, 0.15) is 29.2 Å². The summed E-state index contributed by atoms with van der Waals surface area (Å²) in [5.41, 5.74) is 1.38. The number of nitrogens with one attached hydrogen (secondary N) is 1. The molecule has 0 spiro atoms. The number of carbonyl (C=O) groups is 1. The molecule has 0 unspecified atom stereocenters. The van der Waals surface area contributed by atoms with Gasteiger partial charge >= 0.3 is 0 Å². The van der Waals surface area contributed by atoms with Gasteiger partial charge in [-0.15, -0.1) is 0 Å². The van der Waals surface area contributed by atoms with E-state index >= 15 is 0 Å². The number of anilines is 1. The van der Waals surface area contributed by atoms with Crippen molar-refractivity contribution in [1.82, 2.24) is 19.5 Å². The van der Waals surface area contributed by atoms with Gasteiger partial charge in [0.25, 0.3) is 0 Å². The molecule has 31 heavy (non-hydrogen) atoms. The van der Waals surface area contributed by atoms with E-state index in [9.17, 15) is 19.4 Å². The van der Waals surface area contributed by atoms with Gasteiger partial charge in [-0.25, -0.2) is 19.3 Å². The van der Waals surface area contributed by atoms with E-state index in [2.05, 4.69) is 20.3 Å². The number of nitrogens with zero attached hydrogens (tertiary/aromatic N) is 4. The molecule has 1 aliphatic rings. The molecule has 3 N–H and O–H groups in total. The Morgan fingerprint density at radius 3 is 2.94 bits per heavy atom. The van der Waals surface area contributed by atoms with Gasteiger partial charge in [-0.2, -0.15) is 0 Å². The number of aromatic nitrogens is 4. The van der Waals surface area contributed by atoms with E-state index in [4.69, 9.17) is 11.6 Å². The van der Waals surface area contributed by atoms with Gasteiger partial charge in [0.05, 0.1) is 23.5 Å². The van der Waals surface area contributed by atoms with Crippen LogP contribution in [0, 0.1) is 5.92 Å². The van der Waals surface area contributed by atoms with Crippen LogP contribution in [0.1, 0.15) is 28.0 Å². The topological polar surface area (TPSA) is 113 Å². The van der Waals surface area contributed by atoms with Crippen molar-refractivity contribution in [3.63, 3.8) is 0 Å². The van der Waals surface area contributed by atoms with Crippen LogP contribution < -0.4 is 5.32 Å². The average Bonchev–Trinajstić information content (AvgIpc) is 3.33. The second-order valence-electron chi connectivity index (χ2n) is 7.18. The number of pyridine rings is 1. The summed E-state index contributed by atoms with van der Waals surface area (Å²) in [6.07, 6.45) is 4.71. The Morgan fingerprint density at radius 1 is 1.35 bits per heavy atom. The van der Waals surface area contributed by atoms with Gasteiger partial charge in [0.15, 0.2) is 5.78 Å². The molecule has 3 aromatic rings. The number of carbonyl (C=O) groups excluding carboxylic acids is 1. The van der Waals surface area contributed by atoms with E-state index in [1.165, 1.54) is 12.5 Å². The van der Waals surface area contributed by atoms with E-state index in [0.717, 1.165) is 5.69 Å². The summed E-state index contributed by atoms with van der Waals surface area (Å²) in [7, 11) is 0. The summed E-state index contributed by atoms with van der Waals surface area (Å²) in [6, 6.07) is 6.97. The standard InChI is InChI=1S/C21H19ClFN5O3/c22-17-3-1-2-14(26-17)9-28-5-4-12(8-28)19(30)15-7-24-11-25-21(15)27-16-6-13(10-29)20(31)18(16)23/h1-5,7-8,11,13,20,29,31H,6,9-10H2,(H,24,25,27)/t13-,20-/m1/s1. The van der Waals surface area contributed by atoms with Crippen molar-refractivity contribution in [3.05, 3.63) is 82.7 Å². The highest BCUT2D eigenvalue weighted by Crippen LogP contribution is 2.33. The number of allylic oxidation sites excluding steroid dienone is 1. The minimum Gasteiger partial charge on any atom is -0.396 e. The third-order valence-corrected chi connectivity index (χ3v) is 5.26. The molecule has 0 saturated heterocycles. The van der Waals surface area contributed by atoms with Crippen LogP contribution in [0.2, 0.25) is 5.15 Å². The molecule has 160 valence electrons. The maximum absolute atomic E-state index is 14.3. The quantitative estimate of drug-likeness (QED) is 0.380. The zero-order valence-electron chi connectivity index (χ0n) is 16.2. The van der Waals surface area contributed by atoms with Crippen molar-refractivity contribution in [2.75, 3.05) is 11.9 Å². The number of aliphatic hydroxyl groups is 2. The van der Waals surface area contributed by atoms with Crippen LogP contribution in [0.4, 0.5) is 10.2 Å². The number of hydrogen-bond donors (Lipinski definition) is 3. The highest BCUT2D eigenvalue weighted by Gasteiger charge is 2.34. The van der Waals surface area contributed by atoms with Crippen molar-refractivity contribution < 1.29 is 19.4 Å². The van der Waals surface area contributed by atoms with Gasteiger partial charge in [-0.05, 0) is 24.6 Å². The van der Waals surface area contributed by atoms with Crippen LogP contribution in [-0.4, -0.2) is 48.2 Å². The summed E-state index contributed by atoms with van der Waals surface area (Å²) in [5, 5.41) is 22.3. The first-order valence-corrected chi connectivity index (χ1v) is 9.90. The Labute approximate surface area is 182 Å². The van der Waals surface area contributed by atoms with Crippen LogP contribution in [-0.2, 0) is 6.54 Å². The largest absolute Gasteiger partial charge is 0.396 e. The highest BCUT2D eigenvalue weighted by molar-refractivity contribution is 6.29. The van der Waals surface area contributed by atoms with E-state index in [0.29, 0.717) is 17.3 Å². The first kappa shape index (κ1) is 21.1. The predicted octanol–water partition coefficient (Wildman–Crippen LogP) is 2.57. The predicted molar refractivity (Wildman–Crippen MR) is 111 cm³/mol. The molecule has 1 aliphatic carbocycles. The van der Waals surface area contributed by atoms with E-state index in [1.807, 2.05) is 6.07 Å². The molecular weight excluding hydrogens is 425 g/mol. The lowest BCUT2D eigenvalue weighted by Gasteiger charge is -2.11. The molecule has 8 nitrogen and oxygen atoms in total. The fraction of sp³-hybridized carbons (Fsp3) is 0.238. The van der Waals surface area contributed by atoms with Crippen LogP contribution in [0.15, 0.2) is 60.7 Å². The van der Waals surface area contributed by atoms with Gasteiger partial charge < -0.3 is 20.1 Å². The number of aliphatic hydroxyl groups excluding tert-OH is 2. The van der Waals surface area contributed by atoms with E-state index in [1.54, 1.807) is 35.2 Å². The molecule has 2 atom stereocenters. The maximum atomic E-state index is 14.3. The Morgan fingerprint density at radius 2 is 2.19 bits per heavy atom. The Hall–Kier alpha value is -3.14. The zero-order valence-corrected chi connectivity index (χ0v) is 17.0. The maximum Gasteiger partial charge on any atom is 0.199 e. The summed E-state index contributed by atoms with van der Waals surface area (Å²) >= 11 is 5.92. The van der Waals surface area contributed by atoms with Gasteiger partial charge in [0.2, 0.25) is 0 Å². The second-order valence-corrected chi connectivity index (χ2v) is 7.57. The molecular formula is C21H19ClFN5O3. The SMILES string of the molecule is O=C(c1ccn(Cc2cccc(Cl)n2)c1)c1cncnc1NC1=C(F)[C@H](O)[C@@H](CO)C1. The van der Waals surface area contributed by atoms with Crippen molar-refractivity contribution >= 4 is 23.2 Å². The molecule has 4 rings (SSSR count). The molecule has 0 fully saturated rings. The molecule has 3 aromatic heterocycles. The Kier molecular flexibility index (Phi) is 6.08. The lowest BCUT2D eigenvalue weighted by atomic mass is 10.1. The molecule has 0 saturated carbocycles. The minimum absolute atomic E-state index is 0.0869. The van der Waals surface area contributed by atoms with Crippen molar-refractivity contribution in [3.8, 4) is 0 Å². The van der Waals surface area contributed by atoms with E-state index in [-0.39, 0.29) is 35.9 Å². The molecule has 0 bridgehead atoms. The van der Waals surface area contributed by atoms with Gasteiger partial charge in [0, 0.05) is 36.7 Å². The van der Waals surface area contributed by atoms with Crippen LogP contribution in [0.25, 0.3) is 0 Å². The molecule has 3 heterocycles. The summed E-state index contributed by atoms with van der Waals surface area (Å²) in [5.74, 6) is -1.63. The fourth-order valence-electron chi connectivity index (χ4n) is 3.42. The van der Waals surface area contributed by atoms with E-state index < -0.39 is 17.8 Å². The molecule has 10 heteroatoms. The Bertz CT molecular complexity index is 1150. The Balaban J connectivity index is 1.55. The number of hydrogen-bond acceptors (Lipinski definition) is 7. The van der Waals surface area contributed by atoms with Crippen LogP contribution in [0.5, 0.6) is 0 Å². The minimum atomic E-state index is -1.39. The van der Waals surface area contributed by atoms with Crippen molar-refractivity contribution in [2.24, 2.45) is 5.92 Å². The molecule has 0 radical (unpaired) electrons. The number of halogens is 2. The number of rotatable bonds is 7. The molecule has 0 aromatic carbocycles. The van der Waals surface area contributed by atoms with Crippen LogP contribution >= 0.6 is 11.6 Å². The molecule has 0 amide bonds. The van der Waals surface area contributed by atoms with Gasteiger partial charge in [-0.1, -0.05) is 17.7 Å². The third-order valence-electron chi connectivity index (χ3n) is 5.05. The van der Waals surface area contributed by atoms with Crippen LogP contribution in [0.3, 0.4) is 0 Å².